The predicted octanol–water partition coefficient (Wildman–Crippen LogP) is 1.90. The molecule has 0 bridgehead atoms. The Hall–Kier alpha value is -1.89. The lowest BCUT2D eigenvalue weighted by molar-refractivity contribution is -0.136. The molecule has 0 aromatic heterocycles. The highest BCUT2D eigenvalue weighted by Gasteiger charge is 2.55. The fourth-order valence-electron chi connectivity index (χ4n) is 4.95. The van der Waals surface area contributed by atoms with Crippen molar-refractivity contribution >= 4 is 21.7 Å². The van der Waals surface area contributed by atoms with E-state index in [0.29, 0.717) is 38.9 Å². The van der Waals surface area contributed by atoms with Crippen LogP contribution in [0.4, 0.5) is 0 Å². The van der Waals surface area contributed by atoms with Gasteiger partial charge < -0.3 is 10.2 Å². The van der Waals surface area contributed by atoms with Gasteiger partial charge in [0.1, 0.15) is 0 Å². The molecule has 1 aromatic carbocycles. The molecular weight excluding hydrogens is 364 g/mol. The molecule has 1 N–H and O–H groups in total. The molecule has 1 saturated carbocycles. The maximum absolute atomic E-state index is 13.5. The van der Waals surface area contributed by atoms with Crippen LogP contribution in [0.3, 0.4) is 0 Å². The minimum absolute atomic E-state index is 0.0605. The smallest absolute Gasteiger partial charge is 0.244 e. The van der Waals surface area contributed by atoms with E-state index in [9.17, 15) is 18.0 Å². The van der Waals surface area contributed by atoms with Gasteiger partial charge in [-0.15, -0.1) is 0 Å². The van der Waals surface area contributed by atoms with Crippen molar-refractivity contribution in [3.8, 4) is 0 Å². The van der Waals surface area contributed by atoms with E-state index in [1.54, 1.807) is 35.2 Å². The fraction of sp³-hybridized carbons (Fsp3) is 0.600. The molecule has 3 fully saturated rings. The van der Waals surface area contributed by atoms with Crippen LogP contribution in [0.5, 0.6) is 0 Å². The van der Waals surface area contributed by atoms with Crippen LogP contribution >= 0.6 is 0 Å². The van der Waals surface area contributed by atoms with Crippen LogP contribution in [0.2, 0.25) is 0 Å². The van der Waals surface area contributed by atoms with Gasteiger partial charge in [0.2, 0.25) is 11.8 Å². The largest absolute Gasteiger partial charge is 0.356 e. The minimum atomic E-state index is -3.74. The molecule has 6 nitrogen and oxygen atoms in total. The number of benzene rings is 1. The molecule has 0 atom stereocenters. The third-order valence-corrected chi connectivity index (χ3v) is 9.18. The Kier molecular flexibility index (Phi) is 4.53. The van der Waals surface area contributed by atoms with E-state index in [1.807, 2.05) is 0 Å². The van der Waals surface area contributed by atoms with Crippen LogP contribution < -0.4 is 5.32 Å². The Labute approximate surface area is 160 Å². The minimum Gasteiger partial charge on any atom is -0.356 e. The first-order valence-electron chi connectivity index (χ1n) is 9.75. The number of carbonyl (C=O) groups excluding carboxylic acids is 2. The third-order valence-electron chi connectivity index (χ3n) is 6.68. The number of likely N-dealkylation sites (tertiary alicyclic amines) is 1. The van der Waals surface area contributed by atoms with Gasteiger partial charge >= 0.3 is 0 Å². The summed E-state index contributed by atoms with van der Waals surface area (Å²) in [4.78, 5) is 27.1. The number of amides is 2. The lowest BCUT2D eigenvalue weighted by Gasteiger charge is -2.41. The number of rotatable bonds is 3. The topological polar surface area (TPSA) is 83.6 Å². The van der Waals surface area contributed by atoms with Crippen molar-refractivity contribution in [2.24, 2.45) is 5.41 Å². The molecule has 2 amide bonds. The van der Waals surface area contributed by atoms with E-state index in [1.165, 1.54) is 0 Å². The SMILES string of the molecule is O=C1CC2(CCN(C(=O)C3(S(=O)(=O)c4ccccc4)CCCC3)CC2)CN1. The lowest BCUT2D eigenvalue weighted by atomic mass is 9.77. The lowest BCUT2D eigenvalue weighted by Crippen LogP contribution is -2.55. The monoisotopic (exact) mass is 390 g/mol. The van der Waals surface area contributed by atoms with E-state index in [4.69, 9.17) is 0 Å². The normalized spacial score (nSPS) is 24.1. The summed E-state index contributed by atoms with van der Waals surface area (Å²) >= 11 is 0. The van der Waals surface area contributed by atoms with Crippen molar-refractivity contribution < 1.29 is 18.0 Å². The summed E-state index contributed by atoms with van der Waals surface area (Å²) in [5.74, 6) is -0.162. The molecule has 2 heterocycles. The Balaban J connectivity index is 1.58. The van der Waals surface area contributed by atoms with Gasteiger partial charge in [-0.05, 0) is 43.2 Å². The fourth-order valence-corrected chi connectivity index (χ4v) is 7.10. The number of hydrogen-bond donors (Lipinski definition) is 1. The van der Waals surface area contributed by atoms with Gasteiger partial charge in [-0.1, -0.05) is 31.0 Å². The Morgan fingerprint density at radius 3 is 2.19 bits per heavy atom. The molecule has 1 aliphatic carbocycles. The average molecular weight is 391 g/mol. The average Bonchev–Trinajstić information content (AvgIpc) is 3.31. The van der Waals surface area contributed by atoms with Crippen molar-refractivity contribution in [2.45, 2.75) is 54.6 Å². The van der Waals surface area contributed by atoms with Gasteiger partial charge in [0, 0.05) is 26.1 Å². The van der Waals surface area contributed by atoms with Gasteiger partial charge in [0.25, 0.3) is 0 Å². The van der Waals surface area contributed by atoms with Crippen molar-refractivity contribution in [1.29, 1.82) is 0 Å². The molecule has 27 heavy (non-hydrogen) atoms. The summed E-state index contributed by atoms with van der Waals surface area (Å²) in [6.45, 7) is 1.72. The Bertz CT molecular complexity index is 836. The maximum Gasteiger partial charge on any atom is 0.244 e. The van der Waals surface area contributed by atoms with Crippen molar-refractivity contribution in [3.63, 3.8) is 0 Å². The van der Waals surface area contributed by atoms with Gasteiger partial charge in [0.05, 0.1) is 4.90 Å². The molecule has 7 heteroatoms. The van der Waals surface area contributed by atoms with Crippen molar-refractivity contribution in [3.05, 3.63) is 30.3 Å². The number of nitrogens with one attached hydrogen (secondary N) is 1. The number of nitrogens with zero attached hydrogens (tertiary/aromatic N) is 1. The van der Waals surface area contributed by atoms with Crippen LogP contribution in [0, 0.1) is 5.41 Å². The molecule has 1 aromatic rings. The highest BCUT2D eigenvalue weighted by Crippen LogP contribution is 2.44. The highest BCUT2D eigenvalue weighted by atomic mass is 32.2. The van der Waals surface area contributed by atoms with Crippen molar-refractivity contribution in [1.82, 2.24) is 10.2 Å². The quantitative estimate of drug-likeness (QED) is 0.854. The first kappa shape index (κ1) is 18.5. The molecular formula is C20H26N2O4S. The second kappa shape index (κ2) is 6.62. The third kappa shape index (κ3) is 2.96. The zero-order valence-corrected chi connectivity index (χ0v) is 16.3. The second-order valence-electron chi connectivity index (χ2n) is 8.26. The van der Waals surface area contributed by atoms with Gasteiger partial charge in [-0.25, -0.2) is 8.42 Å². The molecule has 0 unspecified atom stereocenters. The number of hydrogen-bond acceptors (Lipinski definition) is 4. The predicted molar refractivity (Wildman–Crippen MR) is 101 cm³/mol. The summed E-state index contributed by atoms with van der Waals surface area (Å²) in [6.07, 6.45) is 4.32. The molecule has 146 valence electrons. The summed E-state index contributed by atoms with van der Waals surface area (Å²) in [5.41, 5.74) is -0.0605. The molecule has 1 spiro atoms. The van der Waals surface area contributed by atoms with Crippen LogP contribution in [0.15, 0.2) is 35.2 Å². The van der Waals surface area contributed by atoms with Gasteiger partial charge in [-0.2, -0.15) is 0 Å². The standard InChI is InChI=1S/C20H26N2O4S/c23-17-14-19(15-21-17)10-12-22(13-11-19)18(24)20(8-4-5-9-20)27(25,26)16-6-2-1-3-7-16/h1-3,6-7H,4-5,8-15H2,(H,21,23). The molecule has 3 aliphatic rings. The van der Waals surface area contributed by atoms with E-state index in [2.05, 4.69) is 5.32 Å². The zero-order valence-electron chi connectivity index (χ0n) is 15.4. The van der Waals surface area contributed by atoms with E-state index >= 15 is 0 Å². The van der Waals surface area contributed by atoms with Crippen LogP contribution in [0.1, 0.15) is 44.9 Å². The Morgan fingerprint density at radius 2 is 1.63 bits per heavy atom. The van der Waals surface area contributed by atoms with Crippen LogP contribution in [-0.4, -0.2) is 49.5 Å². The molecule has 4 rings (SSSR count). The van der Waals surface area contributed by atoms with Gasteiger partial charge in [0.15, 0.2) is 14.6 Å². The van der Waals surface area contributed by atoms with E-state index in [0.717, 1.165) is 25.7 Å². The van der Waals surface area contributed by atoms with Crippen molar-refractivity contribution in [2.75, 3.05) is 19.6 Å². The van der Waals surface area contributed by atoms with E-state index < -0.39 is 14.6 Å². The molecule has 0 radical (unpaired) electrons. The number of carbonyl (C=O) groups is 2. The highest BCUT2D eigenvalue weighted by molar-refractivity contribution is 7.93. The Morgan fingerprint density at radius 1 is 1.00 bits per heavy atom. The summed E-state index contributed by atoms with van der Waals surface area (Å²) < 4.78 is 25.5. The first-order valence-corrected chi connectivity index (χ1v) is 11.2. The number of sulfone groups is 1. The summed E-state index contributed by atoms with van der Waals surface area (Å²) in [6, 6.07) is 8.36. The zero-order chi connectivity index (χ0) is 19.1. The van der Waals surface area contributed by atoms with Gasteiger partial charge in [-0.3, -0.25) is 9.59 Å². The molecule has 2 aliphatic heterocycles. The maximum atomic E-state index is 13.5. The van der Waals surface area contributed by atoms with Crippen LogP contribution in [0.25, 0.3) is 0 Å². The first-order chi connectivity index (χ1) is 12.9. The second-order valence-corrected chi connectivity index (χ2v) is 10.5. The van der Waals surface area contributed by atoms with Crippen LogP contribution in [-0.2, 0) is 19.4 Å². The van der Waals surface area contributed by atoms with E-state index in [-0.39, 0.29) is 22.1 Å². The summed E-state index contributed by atoms with van der Waals surface area (Å²) in [7, 11) is -3.74. The number of piperidine rings is 1. The summed E-state index contributed by atoms with van der Waals surface area (Å²) in [5, 5.41) is 2.89. The molecule has 2 saturated heterocycles.